The van der Waals surface area contributed by atoms with Gasteiger partial charge in [-0.3, -0.25) is 0 Å². The van der Waals surface area contributed by atoms with Crippen molar-refractivity contribution in [3.05, 3.63) is 11.6 Å². The average Bonchev–Trinajstić information content (AvgIpc) is 2.20. The zero-order valence-corrected chi connectivity index (χ0v) is 13.1. The van der Waals surface area contributed by atoms with E-state index in [0.29, 0.717) is 0 Å². The highest BCUT2D eigenvalue weighted by Crippen LogP contribution is 2.36. The lowest BCUT2D eigenvalue weighted by molar-refractivity contribution is 0.288. The van der Waals surface area contributed by atoms with Crippen LogP contribution in [0.2, 0.25) is 18.1 Å². The van der Waals surface area contributed by atoms with Gasteiger partial charge in [-0.15, -0.1) is 0 Å². The lowest BCUT2D eigenvalue weighted by Gasteiger charge is -2.33. The molecule has 1 N–H and O–H groups in total. The molecule has 0 bridgehead atoms. The normalized spacial score (nSPS) is 13.0. The third-order valence-electron chi connectivity index (χ3n) is 3.22. The van der Waals surface area contributed by atoms with Crippen molar-refractivity contribution in [2.75, 3.05) is 6.61 Å². The van der Waals surface area contributed by atoms with Gasteiger partial charge in [-0.25, -0.2) is 0 Å². The van der Waals surface area contributed by atoms with Gasteiger partial charge in [0.15, 0.2) is 0 Å². The summed E-state index contributed by atoms with van der Waals surface area (Å²) in [5.41, 5.74) is 1.19. The first-order valence-corrected chi connectivity index (χ1v) is 9.06. The Hall–Kier alpha value is -0.723. The fourth-order valence-corrected chi connectivity index (χ4v) is 1.51. The van der Waals surface area contributed by atoms with Crippen molar-refractivity contribution in [3.8, 4) is 12.0 Å². The van der Waals surface area contributed by atoms with E-state index in [9.17, 15) is 0 Å². The summed E-state index contributed by atoms with van der Waals surface area (Å²) in [7, 11) is -1.75. The molecule has 0 aliphatic carbocycles. The van der Waals surface area contributed by atoms with Crippen LogP contribution in [0.1, 0.15) is 40.5 Å². The molecule has 98 valence electrons. The Bertz CT molecular complexity index is 313. The summed E-state index contributed by atoms with van der Waals surface area (Å²) in [6.45, 7) is 13.2. The predicted molar refractivity (Wildman–Crippen MR) is 76.1 cm³/mol. The molecule has 0 aliphatic rings. The minimum atomic E-state index is -1.75. The second kappa shape index (κ2) is 6.88. The van der Waals surface area contributed by atoms with Crippen LogP contribution in [0, 0.1) is 12.0 Å². The molecule has 0 amide bonds. The van der Waals surface area contributed by atoms with E-state index in [4.69, 9.17) is 9.53 Å². The topological polar surface area (TPSA) is 29.5 Å². The number of rotatable bonds is 4. The predicted octanol–water partition coefficient (Wildman–Crippen LogP) is 3.69. The smallest absolute Gasteiger partial charge is 0.264 e. The minimum absolute atomic E-state index is 0.192. The highest BCUT2D eigenvalue weighted by Gasteiger charge is 2.38. The molecule has 0 spiro atoms. The van der Waals surface area contributed by atoms with Gasteiger partial charge in [0.1, 0.15) is 0 Å². The van der Waals surface area contributed by atoms with Crippen molar-refractivity contribution in [1.29, 1.82) is 0 Å². The molecule has 2 nitrogen and oxygen atoms in total. The minimum Gasteiger partial charge on any atom is -0.500 e. The van der Waals surface area contributed by atoms with Gasteiger partial charge < -0.3 is 9.53 Å². The second-order valence-corrected chi connectivity index (χ2v) is 10.7. The molecule has 0 aromatic carbocycles. The highest BCUT2D eigenvalue weighted by molar-refractivity contribution is 6.74. The van der Waals surface area contributed by atoms with Crippen LogP contribution < -0.4 is 0 Å². The van der Waals surface area contributed by atoms with Crippen molar-refractivity contribution in [3.63, 3.8) is 0 Å². The molecule has 0 rings (SSSR count). The van der Waals surface area contributed by atoms with Crippen LogP contribution >= 0.6 is 0 Å². The number of allylic oxidation sites excluding steroid dienone is 2. The van der Waals surface area contributed by atoms with Gasteiger partial charge in [0.25, 0.3) is 8.32 Å². The molecule has 17 heavy (non-hydrogen) atoms. The van der Waals surface area contributed by atoms with E-state index < -0.39 is 8.32 Å². The number of hydrogen-bond donors (Lipinski definition) is 1. The summed E-state index contributed by atoms with van der Waals surface area (Å²) in [6.07, 6.45) is 6.38. The van der Waals surface area contributed by atoms with Crippen molar-refractivity contribution in [1.82, 2.24) is 0 Å². The lowest BCUT2D eigenvalue weighted by Crippen LogP contribution is -2.39. The van der Waals surface area contributed by atoms with E-state index in [-0.39, 0.29) is 11.6 Å². The molecule has 0 aliphatic heterocycles. The van der Waals surface area contributed by atoms with Gasteiger partial charge in [-0.05, 0) is 49.9 Å². The quantitative estimate of drug-likeness (QED) is 0.612. The third kappa shape index (κ3) is 6.55. The summed E-state index contributed by atoms with van der Waals surface area (Å²) >= 11 is 0. The number of aliphatic hydroxyl groups is 1. The largest absolute Gasteiger partial charge is 0.500 e. The Morgan fingerprint density at radius 3 is 2.41 bits per heavy atom. The highest BCUT2D eigenvalue weighted by atomic mass is 28.4. The zero-order valence-electron chi connectivity index (χ0n) is 12.1. The molecule has 0 unspecified atom stereocenters. The fraction of sp³-hybridized carbons (Fsp3) is 0.714. The maximum absolute atomic E-state index is 8.70. The molecule has 0 radical (unpaired) electrons. The van der Waals surface area contributed by atoms with E-state index in [0.717, 1.165) is 12.8 Å². The Morgan fingerprint density at radius 1 is 1.35 bits per heavy atom. The zero-order chi connectivity index (χ0) is 13.5. The van der Waals surface area contributed by atoms with Gasteiger partial charge in [0, 0.05) is 6.61 Å². The number of aliphatic hydroxyl groups excluding tert-OH is 1. The fourth-order valence-electron chi connectivity index (χ4n) is 0.893. The van der Waals surface area contributed by atoms with E-state index in [1.54, 1.807) is 0 Å². The third-order valence-corrected chi connectivity index (χ3v) is 7.44. The van der Waals surface area contributed by atoms with Crippen LogP contribution in [0.15, 0.2) is 11.6 Å². The Morgan fingerprint density at radius 2 is 1.94 bits per heavy atom. The molecule has 0 aromatic rings. The van der Waals surface area contributed by atoms with E-state index in [1.807, 2.05) is 13.0 Å². The Labute approximate surface area is 107 Å². The maximum Gasteiger partial charge on any atom is 0.264 e. The van der Waals surface area contributed by atoms with Crippen molar-refractivity contribution < 1.29 is 9.53 Å². The van der Waals surface area contributed by atoms with Gasteiger partial charge in [0.05, 0.1) is 6.11 Å². The molecular weight excluding hydrogens is 228 g/mol. The van der Waals surface area contributed by atoms with Crippen molar-refractivity contribution >= 4 is 8.32 Å². The molecule has 3 heteroatoms. The summed E-state index contributed by atoms with van der Waals surface area (Å²) in [6, 6.07) is 0. The van der Waals surface area contributed by atoms with E-state index >= 15 is 0 Å². The summed E-state index contributed by atoms with van der Waals surface area (Å²) in [4.78, 5) is 0. The SMILES string of the molecule is C/C(=C\C#CO[Si](C)(C)C(C)(C)C)CCCO. The molecule has 0 saturated carbocycles. The number of hydrogen-bond acceptors (Lipinski definition) is 2. The molecule has 0 aromatic heterocycles. The van der Waals surface area contributed by atoms with Crippen LogP contribution in [0.25, 0.3) is 0 Å². The van der Waals surface area contributed by atoms with Gasteiger partial charge in [-0.1, -0.05) is 26.3 Å². The molecular formula is C14H26O2Si. The van der Waals surface area contributed by atoms with Crippen LogP contribution in [0.5, 0.6) is 0 Å². The molecule has 0 atom stereocenters. The molecule has 0 saturated heterocycles. The standard InChI is InChI=1S/C14H26O2Si/c1-13(9-7-11-15)10-8-12-16-17(5,6)14(2,3)4/h10,15H,7,9,11H2,1-6H3/b13-10+. The maximum atomic E-state index is 8.70. The average molecular weight is 254 g/mol. The summed E-state index contributed by atoms with van der Waals surface area (Å²) < 4.78 is 5.73. The molecule has 0 fully saturated rings. The van der Waals surface area contributed by atoms with Crippen LogP contribution in [0.4, 0.5) is 0 Å². The van der Waals surface area contributed by atoms with E-state index in [2.05, 4.69) is 45.9 Å². The van der Waals surface area contributed by atoms with Crippen molar-refractivity contribution in [2.24, 2.45) is 0 Å². The Balaban J connectivity index is 4.30. The van der Waals surface area contributed by atoms with Gasteiger partial charge in [-0.2, -0.15) is 0 Å². The first-order valence-electron chi connectivity index (χ1n) is 6.16. The Kier molecular flexibility index (Phi) is 6.59. The first-order chi connectivity index (χ1) is 7.70. The second-order valence-electron chi connectivity index (χ2n) is 5.93. The lowest BCUT2D eigenvalue weighted by atomic mass is 10.1. The van der Waals surface area contributed by atoms with E-state index in [1.165, 1.54) is 5.57 Å². The first kappa shape index (κ1) is 16.3. The summed E-state index contributed by atoms with van der Waals surface area (Å²) in [5, 5.41) is 8.89. The van der Waals surface area contributed by atoms with Crippen molar-refractivity contribution in [2.45, 2.75) is 58.7 Å². The monoisotopic (exact) mass is 254 g/mol. The summed E-state index contributed by atoms with van der Waals surface area (Å²) in [5.74, 6) is 2.94. The van der Waals surface area contributed by atoms with Crippen LogP contribution in [-0.4, -0.2) is 20.0 Å². The van der Waals surface area contributed by atoms with Gasteiger partial charge >= 0.3 is 0 Å². The molecule has 0 heterocycles. The van der Waals surface area contributed by atoms with Gasteiger partial charge in [0.2, 0.25) is 0 Å². The van der Waals surface area contributed by atoms with Crippen LogP contribution in [0.3, 0.4) is 0 Å². The van der Waals surface area contributed by atoms with Crippen LogP contribution in [-0.2, 0) is 4.43 Å².